The van der Waals surface area contributed by atoms with E-state index in [9.17, 15) is 0 Å². The Morgan fingerprint density at radius 3 is 1.67 bits per heavy atom. The van der Waals surface area contributed by atoms with Crippen molar-refractivity contribution in [3.8, 4) is 0 Å². The molecule has 0 fully saturated rings. The van der Waals surface area contributed by atoms with Gasteiger partial charge in [0.05, 0.1) is 0 Å². The molecule has 0 amide bonds. The molecule has 0 bridgehead atoms. The third-order valence-electron chi connectivity index (χ3n) is 1.06. The van der Waals surface area contributed by atoms with Gasteiger partial charge in [-0.05, 0) is 13.0 Å². The van der Waals surface area contributed by atoms with Crippen molar-refractivity contribution in [2.75, 3.05) is 6.54 Å². The first-order valence-electron chi connectivity index (χ1n) is 3.87. The maximum atomic E-state index is 5.27. The van der Waals surface area contributed by atoms with Gasteiger partial charge in [0, 0.05) is 0 Å². The summed E-state index contributed by atoms with van der Waals surface area (Å²) in [4.78, 5) is 0. The third kappa shape index (κ3) is 37.2. The average molecular weight is 816 g/mol. The van der Waals surface area contributed by atoms with Crippen LogP contribution in [0.3, 0.4) is 0 Å². The topological polar surface area (TPSA) is 26.0 Å². The molecule has 76 valence electrons. The standard InChI is InChI=1S/C6H15N.4HI.Pb/c1-2-3-4-5-6-7;;;;;/h2-7H2,1H3;4*1H;/q;;;;;+4/p-4. The molecule has 0 aromatic carbocycles. The van der Waals surface area contributed by atoms with Gasteiger partial charge in [-0.25, -0.2) is 0 Å². The second-order valence-corrected chi connectivity index (χ2v) is 171. The summed E-state index contributed by atoms with van der Waals surface area (Å²) < 4.78 is -1.40. The molecule has 0 heterocycles. The molecule has 0 aliphatic carbocycles. The van der Waals surface area contributed by atoms with Crippen molar-refractivity contribution >= 4 is 75.0 Å². The second kappa shape index (κ2) is 12.9. The van der Waals surface area contributed by atoms with Crippen molar-refractivity contribution in [1.82, 2.24) is 0 Å². The summed E-state index contributed by atoms with van der Waals surface area (Å²) in [5.74, 6) is 0. The van der Waals surface area contributed by atoms with Gasteiger partial charge in [-0.1, -0.05) is 26.2 Å². The minimum absolute atomic E-state index is 0.861. The molecular formula is C6H15I4NPb. The van der Waals surface area contributed by atoms with E-state index in [-0.39, 0.29) is 0 Å². The zero-order valence-electron chi connectivity index (χ0n) is 7.12. The van der Waals surface area contributed by atoms with Crippen LogP contribution in [0.2, 0.25) is 0 Å². The number of unbranched alkanes of at least 4 members (excludes halogenated alkanes) is 3. The Hall–Kier alpha value is 3.80. The van der Waals surface area contributed by atoms with E-state index in [0.29, 0.717) is 0 Å². The van der Waals surface area contributed by atoms with Gasteiger partial charge in [0.15, 0.2) is 0 Å². The molecule has 1 nitrogen and oxygen atoms in total. The van der Waals surface area contributed by atoms with Crippen LogP contribution in [0, 0.1) is 0 Å². The van der Waals surface area contributed by atoms with Gasteiger partial charge in [0.2, 0.25) is 0 Å². The number of rotatable bonds is 4. The number of nitrogens with two attached hydrogens (primary N) is 1. The van der Waals surface area contributed by atoms with Gasteiger partial charge >= 0.3 is 75.0 Å². The molecule has 0 spiro atoms. The molecular weight excluding hydrogens is 801 g/mol. The average Bonchev–Trinajstić information content (AvgIpc) is 1.85. The van der Waals surface area contributed by atoms with Crippen LogP contribution in [-0.4, -0.2) is 10.5 Å². The molecule has 0 atom stereocenters. The van der Waals surface area contributed by atoms with Crippen molar-refractivity contribution in [1.29, 1.82) is 0 Å². The van der Waals surface area contributed by atoms with Crippen molar-refractivity contribution < 1.29 is 0 Å². The van der Waals surface area contributed by atoms with Crippen LogP contribution in [0.4, 0.5) is 0 Å². The Bertz CT molecular complexity index is 76.1. The van der Waals surface area contributed by atoms with Crippen molar-refractivity contribution in [2.24, 2.45) is 5.73 Å². The molecule has 2 N–H and O–H groups in total. The van der Waals surface area contributed by atoms with Crippen molar-refractivity contribution in [3.05, 3.63) is 0 Å². The predicted octanol–water partition coefficient (Wildman–Crippen LogP) is 4.69. The summed E-state index contributed by atoms with van der Waals surface area (Å²) in [6.45, 7) is 3.07. The fourth-order valence-corrected chi connectivity index (χ4v) is 0.571. The van der Waals surface area contributed by atoms with Crippen LogP contribution in [0.15, 0.2) is 0 Å². The van der Waals surface area contributed by atoms with Gasteiger partial charge in [0.25, 0.3) is 0 Å². The first-order chi connectivity index (χ1) is 5.41. The maximum absolute atomic E-state index is 5.27. The Morgan fingerprint density at radius 2 is 1.42 bits per heavy atom. The minimum atomic E-state index is -1.40. The molecule has 0 aromatic heterocycles. The summed E-state index contributed by atoms with van der Waals surface area (Å²) >= 11 is 10.2. The Kier molecular flexibility index (Phi) is 19.5. The molecule has 6 heteroatoms. The first kappa shape index (κ1) is 18.2. The quantitative estimate of drug-likeness (QED) is 0.249. The zero-order valence-corrected chi connectivity index (χ0v) is 19.6. The normalized spacial score (nSPS) is 10.5. The monoisotopic (exact) mass is 817 g/mol. The molecule has 12 heavy (non-hydrogen) atoms. The van der Waals surface area contributed by atoms with E-state index in [1.807, 2.05) is 0 Å². The van der Waals surface area contributed by atoms with E-state index in [1.165, 1.54) is 25.7 Å². The summed E-state index contributed by atoms with van der Waals surface area (Å²) in [5.41, 5.74) is 5.27. The Morgan fingerprint density at radius 1 is 1.00 bits per heavy atom. The van der Waals surface area contributed by atoms with Crippen LogP contribution in [0.5, 0.6) is 0 Å². The summed E-state index contributed by atoms with van der Waals surface area (Å²) in [6.07, 6.45) is 5.16. The van der Waals surface area contributed by atoms with E-state index >= 15 is 0 Å². The number of hydrogen-bond donors (Lipinski definition) is 1. The molecule has 0 rings (SSSR count). The van der Waals surface area contributed by atoms with Gasteiger partial charge in [-0.2, -0.15) is 0 Å². The van der Waals surface area contributed by atoms with E-state index in [0.717, 1.165) is 6.54 Å². The van der Waals surface area contributed by atoms with Gasteiger partial charge in [-0.3, -0.25) is 0 Å². The van der Waals surface area contributed by atoms with E-state index in [4.69, 9.17) is 5.73 Å². The van der Waals surface area contributed by atoms with E-state index in [1.54, 1.807) is 0 Å². The molecule has 0 aliphatic rings. The van der Waals surface area contributed by atoms with Crippen molar-refractivity contribution in [3.63, 3.8) is 0 Å². The van der Waals surface area contributed by atoms with Crippen LogP contribution >= 0.6 is 71.0 Å². The Balaban J connectivity index is 0. The summed E-state index contributed by atoms with van der Waals surface area (Å²) in [6, 6.07) is 0. The van der Waals surface area contributed by atoms with Crippen LogP contribution in [-0.2, 0) is 0 Å². The predicted molar refractivity (Wildman–Crippen MR) is 95.0 cm³/mol. The Labute approximate surface area is 117 Å². The van der Waals surface area contributed by atoms with E-state index in [2.05, 4.69) is 78.0 Å². The van der Waals surface area contributed by atoms with Crippen LogP contribution in [0.1, 0.15) is 32.6 Å². The fourth-order valence-electron chi connectivity index (χ4n) is 0.571. The zero-order chi connectivity index (χ0) is 10.0. The number of hydrogen-bond acceptors (Lipinski definition) is 1. The fraction of sp³-hybridized carbons (Fsp3) is 1.00. The van der Waals surface area contributed by atoms with Gasteiger partial charge in [-0.15, -0.1) is 0 Å². The molecule has 0 aromatic rings. The van der Waals surface area contributed by atoms with Gasteiger partial charge < -0.3 is 5.73 Å². The SMILES string of the molecule is CCCCCCN.[I][Pb]([I])([I])[I]. The first-order valence-corrected chi connectivity index (χ1v) is 47.6. The third-order valence-corrected chi connectivity index (χ3v) is 1.06. The van der Waals surface area contributed by atoms with E-state index < -0.39 is 4.00 Å². The van der Waals surface area contributed by atoms with Crippen LogP contribution < -0.4 is 5.73 Å². The van der Waals surface area contributed by atoms with Gasteiger partial charge in [0.1, 0.15) is 0 Å². The molecule has 0 radical (unpaired) electrons. The summed E-state index contributed by atoms with van der Waals surface area (Å²) in [7, 11) is 0. The molecule has 0 saturated carbocycles. The van der Waals surface area contributed by atoms with Crippen molar-refractivity contribution in [2.45, 2.75) is 32.6 Å². The molecule has 0 aliphatic heterocycles. The second-order valence-electron chi connectivity index (χ2n) is 2.28. The molecule has 0 unspecified atom stereocenters. The number of halogens is 4. The summed E-state index contributed by atoms with van der Waals surface area (Å²) in [5, 5.41) is 0. The van der Waals surface area contributed by atoms with Crippen LogP contribution in [0.25, 0.3) is 0 Å². The molecule has 0 saturated heterocycles.